The summed E-state index contributed by atoms with van der Waals surface area (Å²) in [5.41, 5.74) is 2.13. The highest BCUT2D eigenvalue weighted by Gasteiger charge is 2.08. The molecule has 1 rings (SSSR count). The van der Waals surface area contributed by atoms with E-state index in [4.69, 9.17) is 5.11 Å². The molecule has 0 amide bonds. The fraction of sp³-hybridized carbons (Fsp3) is 0.500. The fourth-order valence-electron chi connectivity index (χ4n) is 1.57. The first-order valence-corrected chi connectivity index (χ1v) is 5.10. The molecule has 78 valence electrons. The average molecular weight is 194 g/mol. The van der Waals surface area contributed by atoms with Crippen LogP contribution in [0, 0.1) is 6.92 Å². The van der Waals surface area contributed by atoms with Crippen molar-refractivity contribution in [2.24, 2.45) is 0 Å². The van der Waals surface area contributed by atoms with Crippen molar-refractivity contribution in [2.45, 2.75) is 32.3 Å². The molecular formula is C12H18O2. The van der Waals surface area contributed by atoms with Crippen LogP contribution in [0.1, 0.15) is 36.5 Å². The van der Waals surface area contributed by atoms with Gasteiger partial charge in [-0.15, -0.1) is 0 Å². The highest BCUT2D eigenvalue weighted by atomic mass is 16.3. The molecule has 2 nitrogen and oxygen atoms in total. The normalized spacial score (nSPS) is 12.8. The van der Waals surface area contributed by atoms with Crippen LogP contribution in [-0.2, 0) is 0 Å². The van der Waals surface area contributed by atoms with E-state index in [2.05, 4.69) is 0 Å². The molecule has 0 aromatic heterocycles. The number of hydrogen-bond acceptors (Lipinski definition) is 2. The zero-order chi connectivity index (χ0) is 10.4. The Bertz CT molecular complexity index is 271. The molecule has 0 aliphatic rings. The van der Waals surface area contributed by atoms with Gasteiger partial charge in [-0.25, -0.2) is 0 Å². The maximum atomic E-state index is 9.85. The summed E-state index contributed by atoms with van der Waals surface area (Å²) in [5.74, 6) is 0. The van der Waals surface area contributed by atoms with Crippen LogP contribution in [0.15, 0.2) is 24.3 Å². The molecule has 0 saturated carbocycles. The Morgan fingerprint density at radius 3 is 2.57 bits per heavy atom. The van der Waals surface area contributed by atoms with E-state index in [0.717, 1.165) is 30.4 Å². The third-order valence-corrected chi connectivity index (χ3v) is 2.43. The summed E-state index contributed by atoms with van der Waals surface area (Å²) in [7, 11) is 0. The van der Waals surface area contributed by atoms with Gasteiger partial charge in [0.15, 0.2) is 0 Å². The third kappa shape index (κ3) is 3.13. The van der Waals surface area contributed by atoms with E-state index in [1.807, 2.05) is 31.2 Å². The van der Waals surface area contributed by atoms with Gasteiger partial charge in [0.1, 0.15) is 0 Å². The number of hydrogen-bond donors (Lipinski definition) is 2. The van der Waals surface area contributed by atoms with Crippen molar-refractivity contribution in [3.63, 3.8) is 0 Å². The van der Waals surface area contributed by atoms with Gasteiger partial charge in [-0.3, -0.25) is 0 Å². The van der Waals surface area contributed by atoms with Gasteiger partial charge in [0.25, 0.3) is 0 Å². The zero-order valence-electron chi connectivity index (χ0n) is 8.61. The van der Waals surface area contributed by atoms with E-state index < -0.39 is 0 Å². The van der Waals surface area contributed by atoms with E-state index in [1.54, 1.807) is 0 Å². The molecule has 0 radical (unpaired) electrons. The molecule has 0 spiro atoms. The maximum Gasteiger partial charge on any atom is 0.0792 e. The molecular weight excluding hydrogens is 176 g/mol. The lowest BCUT2D eigenvalue weighted by Crippen LogP contribution is -2.00. The first-order valence-electron chi connectivity index (χ1n) is 5.10. The number of unbranched alkanes of at least 4 members (excludes halogenated alkanes) is 1. The van der Waals surface area contributed by atoms with Gasteiger partial charge in [-0.2, -0.15) is 0 Å². The van der Waals surface area contributed by atoms with Crippen molar-refractivity contribution in [2.75, 3.05) is 6.61 Å². The van der Waals surface area contributed by atoms with Crippen LogP contribution in [-0.4, -0.2) is 16.8 Å². The summed E-state index contributed by atoms with van der Waals surface area (Å²) < 4.78 is 0. The van der Waals surface area contributed by atoms with Crippen molar-refractivity contribution in [3.8, 4) is 0 Å². The zero-order valence-corrected chi connectivity index (χ0v) is 8.61. The average Bonchev–Trinajstić information content (AvgIpc) is 2.18. The van der Waals surface area contributed by atoms with Gasteiger partial charge < -0.3 is 10.2 Å². The van der Waals surface area contributed by atoms with E-state index in [1.165, 1.54) is 0 Å². The maximum absolute atomic E-state index is 9.85. The van der Waals surface area contributed by atoms with Crippen molar-refractivity contribution < 1.29 is 10.2 Å². The number of aliphatic hydroxyl groups is 2. The van der Waals surface area contributed by atoms with Crippen LogP contribution >= 0.6 is 0 Å². The summed E-state index contributed by atoms with van der Waals surface area (Å²) in [6.45, 7) is 2.21. The summed E-state index contributed by atoms with van der Waals surface area (Å²) in [6, 6.07) is 7.88. The number of aryl methyl sites for hydroxylation is 1. The number of aliphatic hydroxyl groups excluding tert-OH is 2. The lowest BCUT2D eigenvalue weighted by Gasteiger charge is -2.12. The number of rotatable bonds is 5. The Hall–Kier alpha value is -0.860. The van der Waals surface area contributed by atoms with Gasteiger partial charge in [-0.1, -0.05) is 24.3 Å². The molecule has 0 aliphatic heterocycles. The van der Waals surface area contributed by atoms with E-state index in [0.29, 0.717) is 0 Å². The van der Waals surface area contributed by atoms with Crippen molar-refractivity contribution in [1.82, 2.24) is 0 Å². The van der Waals surface area contributed by atoms with Crippen LogP contribution in [0.2, 0.25) is 0 Å². The van der Waals surface area contributed by atoms with Crippen molar-refractivity contribution in [1.29, 1.82) is 0 Å². The molecule has 0 bridgehead atoms. The smallest absolute Gasteiger partial charge is 0.0792 e. The second kappa shape index (κ2) is 5.78. The predicted octanol–water partition coefficient (Wildman–Crippen LogP) is 2.19. The molecule has 0 heterocycles. The Morgan fingerprint density at radius 2 is 1.93 bits per heavy atom. The van der Waals surface area contributed by atoms with Crippen molar-refractivity contribution in [3.05, 3.63) is 35.4 Å². The first kappa shape index (κ1) is 11.2. The Labute approximate surface area is 85.2 Å². The topological polar surface area (TPSA) is 40.5 Å². The monoisotopic (exact) mass is 194 g/mol. The van der Waals surface area contributed by atoms with Gasteiger partial charge in [0.2, 0.25) is 0 Å². The largest absolute Gasteiger partial charge is 0.396 e. The molecule has 14 heavy (non-hydrogen) atoms. The molecule has 2 heteroatoms. The lowest BCUT2D eigenvalue weighted by atomic mass is 9.99. The lowest BCUT2D eigenvalue weighted by molar-refractivity contribution is 0.159. The Balaban J connectivity index is 2.51. The minimum atomic E-state index is -0.386. The molecule has 2 N–H and O–H groups in total. The van der Waals surface area contributed by atoms with Crippen LogP contribution in [0.5, 0.6) is 0 Å². The van der Waals surface area contributed by atoms with Crippen LogP contribution in [0.3, 0.4) is 0 Å². The molecule has 1 aromatic carbocycles. The second-order valence-electron chi connectivity index (χ2n) is 3.59. The third-order valence-electron chi connectivity index (χ3n) is 2.43. The quantitative estimate of drug-likeness (QED) is 0.705. The predicted molar refractivity (Wildman–Crippen MR) is 57.1 cm³/mol. The van der Waals surface area contributed by atoms with Gasteiger partial charge in [0.05, 0.1) is 6.10 Å². The van der Waals surface area contributed by atoms with E-state index in [9.17, 15) is 5.11 Å². The second-order valence-corrected chi connectivity index (χ2v) is 3.59. The summed E-state index contributed by atoms with van der Waals surface area (Å²) in [5, 5.41) is 18.5. The van der Waals surface area contributed by atoms with Gasteiger partial charge >= 0.3 is 0 Å². The summed E-state index contributed by atoms with van der Waals surface area (Å²) >= 11 is 0. The van der Waals surface area contributed by atoms with Gasteiger partial charge in [-0.05, 0) is 37.3 Å². The molecule has 0 fully saturated rings. The van der Waals surface area contributed by atoms with Crippen LogP contribution in [0.4, 0.5) is 0 Å². The Kier molecular flexibility index (Phi) is 4.63. The highest BCUT2D eigenvalue weighted by Crippen LogP contribution is 2.21. The van der Waals surface area contributed by atoms with E-state index >= 15 is 0 Å². The minimum Gasteiger partial charge on any atom is -0.396 e. The van der Waals surface area contributed by atoms with Crippen LogP contribution < -0.4 is 0 Å². The minimum absolute atomic E-state index is 0.209. The molecule has 0 aliphatic carbocycles. The van der Waals surface area contributed by atoms with Crippen LogP contribution in [0.25, 0.3) is 0 Å². The van der Waals surface area contributed by atoms with E-state index in [-0.39, 0.29) is 12.7 Å². The first-order chi connectivity index (χ1) is 6.75. The van der Waals surface area contributed by atoms with Crippen molar-refractivity contribution >= 4 is 0 Å². The summed E-state index contributed by atoms with van der Waals surface area (Å²) in [4.78, 5) is 0. The summed E-state index contributed by atoms with van der Waals surface area (Å²) in [6.07, 6.45) is 1.98. The number of benzene rings is 1. The molecule has 0 saturated heterocycles. The Morgan fingerprint density at radius 1 is 1.21 bits per heavy atom. The standard InChI is InChI=1S/C12H18O2/c1-10-6-2-3-7-11(10)12(14)8-4-5-9-13/h2-3,6-7,12-14H,4-5,8-9H2,1H3/t12-/m1/s1. The SMILES string of the molecule is Cc1ccccc1[C@H](O)CCCCO. The fourth-order valence-corrected chi connectivity index (χ4v) is 1.57. The molecule has 0 unspecified atom stereocenters. The molecule has 1 aromatic rings. The van der Waals surface area contributed by atoms with Gasteiger partial charge in [0, 0.05) is 6.61 Å². The molecule has 1 atom stereocenters. The highest BCUT2D eigenvalue weighted by molar-refractivity contribution is 5.27.